The zero-order valence-electron chi connectivity index (χ0n) is 11.6. The molecule has 21 heavy (non-hydrogen) atoms. The quantitative estimate of drug-likeness (QED) is 0.656. The highest BCUT2D eigenvalue weighted by molar-refractivity contribution is 9.09. The summed E-state index contributed by atoms with van der Waals surface area (Å²) in [4.78, 5) is 2.33. The lowest BCUT2D eigenvalue weighted by molar-refractivity contribution is 0.837. The third-order valence-corrected chi connectivity index (χ3v) is 3.79. The first kappa shape index (κ1) is 14.0. The van der Waals surface area contributed by atoms with Crippen molar-refractivity contribution in [2.75, 3.05) is 16.8 Å². The van der Waals surface area contributed by atoms with Gasteiger partial charge in [0.1, 0.15) is 0 Å². The SMILES string of the molecule is BrCCN(Cc1ccccc1)c1cnnc2ccccc12. The Bertz CT molecular complexity index is 710. The molecule has 4 heteroatoms. The van der Waals surface area contributed by atoms with Crippen molar-refractivity contribution in [3.63, 3.8) is 0 Å². The van der Waals surface area contributed by atoms with E-state index in [1.54, 1.807) is 0 Å². The van der Waals surface area contributed by atoms with Crippen LogP contribution in [0.25, 0.3) is 10.9 Å². The normalized spacial score (nSPS) is 10.7. The van der Waals surface area contributed by atoms with Crippen LogP contribution in [-0.2, 0) is 6.54 Å². The van der Waals surface area contributed by atoms with Crippen LogP contribution in [0.2, 0.25) is 0 Å². The summed E-state index contributed by atoms with van der Waals surface area (Å²) in [5.41, 5.74) is 3.35. The molecule has 0 aliphatic heterocycles. The average Bonchev–Trinajstić information content (AvgIpc) is 2.55. The summed E-state index contributed by atoms with van der Waals surface area (Å²) in [7, 11) is 0. The largest absolute Gasteiger partial charge is 0.365 e. The summed E-state index contributed by atoms with van der Waals surface area (Å²) < 4.78 is 0. The predicted molar refractivity (Wildman–Crippen MR) is 90.8 cm³/mol. The first-order valence-corrected chi connectivity index (χ1v) is 8.06. The second-order valence-corrected chi connectivity index (χ2v) is 5.64. The number of benzene rings is 2. The van der Waals surface area contributed by atoms with Crippen LogP contribution < -0.4 is 4.90 Å². The maximum Gasteiger partial charge on any atom is 0.0950 e. The van der Waals surface area contributed by atoms with Gasteiger partial charge in [0.15, 0.2) is 0 Å². The van der Waals surface area contributed by atoms with E-state index in [1.165, 1.54) is 5.56 Å². The summed E-state index contributed by atoms with van der Waals surface area (Å²) in [6, 6.07) is 18.6. The van der Waals surface area contributed by atoms with Gasteiger partial charge in [0.2, 0.25) is 0 Å². The zero-order chi connectivity index (χ0) is 14.5. The van der Waals surface area contributed by atoms with Crippen molar-refractivity contribution in [1.82, 2.24) is 10.2 Å². The van der Waals surface area contributed by atoms with Crippen molar-refractivity contribution in [2.24, 2.45) is 0 Å². The number of anilines is 1. The fourth-order valence-corrected chi connectivity index (χ4v) is 2.86. The molecule has 3 rings (SSSR count). The van der Waals surface area contributed by atoms with Crippen molar-refractivity contribution in [3.8, 4) is 0 Å². The number of hydrogen-bond acceptors (Lipinski definition) is 3. The van der Waals surface area contributed by atoms with E-state index < -0.39 is 0 Å². The minimum Gasteiger partial charge on any atom is -0.365 e. The van der Waals surface area contributed by atoms with Gasteiger partial charge >= 0.3 is 0 Å². The van der Waals surface area contributed by atoms with Crippen LogP contribution in [0.5, 0.6) is 0 Å². The maximum atomic E-state index is 4.20. The van der Waals surface area contributed by atoms with Gasteiger partial charge in [-0.1, -0.05) is 64.5 Å². The number of hydrogen-bond donors (Lipinski definition) is 0. The number of nitrogens with zero attached hydrogens (tertiary/aromatic N) is 3. The molecular weight excluding hydrogens is 326 g/mol. The topological polar surface area (TPSA) is 29.0 Å². The van der Waals surface area contributed by atoms with Crippen molar-refractivity contribution in [1.29, 1.82) is 0 Å². The van der Waals surface area contributed by atoms with E-state index in [2.05, 4.69) is 61.4 Å². The number of aromatic nitrogens is 2. The summed E-state index contributed by atoms with van der Waals surface area (Å²) in [5.74, 6) is 0. The molecule has 3 aromatic rings. The molecule has 106 valence electrons. The van der Waals surface area contributed by atoms with Gasteiger partial charge in [0, 0.05) is 23.8 Å². The summed E-state index contributed by atoms with van der Waals surface area (Å²) in [6.45, 7) is 1.78. The molecule has 0 aliphatic rings. The Hall–Kier alpha value is -1.94. The van der Waals surface area contributed by atoms with Crippen LogP contribution >= 0.6 is 15.9 Å². The van der Waals surface area contributed by atoms with E-state index in [-0.39, 0.29) is 0 Å². The molecule has 0 spiro atoms. The average molecular weight is 342 g/mol. The molecule has 1 heterocycles. The van der Waals surface area contributed by atoms with E-state index >= 15 is 0 Å². The lowest BCUT2D eigenvalue weighted by atomic mass is 10.1. The monoisotopic (exact) mass is 341 g/mol. The minimum absolute atomic E-state index is 0.863. The Balaban J connectivity index is 1.99. The summed E-state index contributed by atoms with van der Waals surface area (Å²) in [6.07, 6.45) is 1.86. The van der Waals surface area contributed by atoms with Crippen LogP contribution in [-0.4, -0.2) is 22.1 Å². The van der Waals surface area contributed by atoms with Gasteiger partial charge < -0.3 is 4.90 Å². The fourth-order valence-electron chi connectivity index (χ4n) is 2.44. The molecular formula is C17H16BrN3. The van der Waals surface area contributed by atoms with Crippen molar-refractivity contribution < 1.29 is 0 Å². The summed E-state index contributed by atoms with van der Waals surface area (Å²) >= 11 is 3.55. The highest BCUT2D eigenvalue weighted by Gasteiger charge is 2.11. The van der Waals surface area contributed by atoms with E-state index in [0.717, 1.165) is 35.0 Å². The molecule has 0 atom stereocenters. The van der Waals surface area contributed by atoms with Crippen LogP contribution in [0.15, 0.2) is 60.8 Å². The van der Waals surface area contributed by atoms with Crippen molar-refractivity contribution in [2.45, 2.75) is 6.54 Å². The Morgan fingerprint density at radius 1 is 0.952 bits per heavy atom. The highest BCUT2D eigenvalue weighted by atomic mass is 79.9. The van der Waals surface area contributed by atoms with Crippen LogP contribution in [0.3, 0.4) is 0 Å². The van der Waals surface area contributed by atoms with Crippen molar-refractivity contribution in [3.05, 3.63) is 66.4 Å². The van der Waals surface area contributed by atoms with Gasteiger partial charge in [0.05, 0.1) is 17.4 Å². The predicted octanol–water partition coefficient (Wildman–Crippen LogP) is 4.03. The minimum atomic E-state index is 0.863. The van der Waals surface area contributed by atoms with E-state index in [9.17, 15) is 0 Å². The molecule has 0 aliphatic carbocycles. The second kappa shape index (κ2) is 6.68. The van der Waals surface area contributed by atoms with Crippen LogP contribution in [0.4, 0.5) is 5.69 Å². The number of halogens is 1. The zero-order valence-corrected chi connectivity index (χ0v) is 13.2. The van der Waals surface area contributed by atoms with Crippen LogP contribution in [0, 0.1) is 0 Å². The Kier molecular flexibility index (Phi) is 4.46. The molecule has 0 amide bonds. The van der Waals surface area contributed by atoms with Gasteiger partial charge in [-0.2, -0.15) is 10.2 Å². The molecule has 0 fully saturated rings. The molecule has 0 saturated heterocycles. The lowest BCUT2D eigenvalue weighted by Gasteiger charge is -2.25. The molecule has 2 aromatic carbocycles. The Labute approximate surface area is 132 Å². The van der Waals surface area contributed by atoms with Gasteiger partial charge in [0.25, 0.3) is 0 Å². The molecule has 1 aromatic heterocycles. The first-order valence-electron chi connectivity index (χ1n) is 6.94. The molecule has 3 nitrogen and oxygen atoms in total. The van der Waals surface area contributed by atoms with E-state index in [0.29, 0.717) is 0 Å². The smallest absolute Gasteiger partial charge is 0.0950 e. The van der Waals surface area contributed by atoms with Gasteiger partial charge in [-0.25, -0.2) is 0 Å². The molecule has 0 unspecified atom stereocenters. The summed E-state index contributed by atoms with van der Waals surface area (Å²) in [5, 5.41) is 10.4. The molecule has 0 radical (unpaired) electrons. The van der Waals surface area contributed by atoms with Crippen molar-refractivity contribution >= 4 is 32.5 Å². The maximum absolute atomic E-state index is 4.20. The van der Waals surface area contributed by atoms with Gasteiger partial charge in [-0.3, -0.25) is 0 Å². The molecule has 0 bridgehead atoms. The first-order chi connectivity index (χ1) is 10.4. The highest BCUT2D eigenvalue weighted by Crippen LogP contribution is 2.25. The third kappa shape index (κ3) is 3.22. The standard InChI is InChI=1S/C17H16BrN3/c18-10-11-21(13-14-6-2-1-3-7-14)17-12-19-20-16-9-5-4-8-15(16)17/h1-9,12H,10-11,13H2. The van der Waals surface area contributed by atoms with E-state index in [4.69, 9.17) is 0 Å². The second-order valence-electron chi connectivity index (χ2n) is 4.84. The molecule has 0 saturated carbocycles. The van der Waals surface area contributed by atoms with E-state index in [1.807, 2.05) is 30.5 Å². The molecule has 0 N–H and O–H groups in total. The van der Waals surface area contributed by atoms with Gasteiger partial charge in [-0.15, -0.1) is 0 Å². The number of fused-ring (bicyclic) bond motifs is 1. The van der Waals surface area contributed by atoms with Crippen LogP contribution in [0.1, 0.15) is 5.56 Å². The number of rotatable bonds is 5. The Morgan fingerprint density at radius 2 is 1.71 bits per heavy atom. The number of alkyl halides is 1. The lowest BCUT2D eigenvalue weighted by Crippen LogP contribution is -2.25. The third-order valence-electron chi connectivity index (χ3n) is 3.44. The van der Waals surface area contributed by atoms with Gasteiger partial charge in [-0.05, 0) is 11.6 Å². The fraction of sp³-hybridized carbons (Fsp3) is 0.176. The Morgan fingerprint density at radius 3 is 2.52 bits per heavy atom.